The molecule has 0 amide bonds. The highest BCUT2D eigenvalue weighted by atomic mass is 35.5. The van der Waals surface area contributed by atoms with Gasteiger partial charge in [0, 0.05) is 24.3 Å². The lowest BCUT2D eigenvalue weighted by Crippen LogP contribution is -2.11. The van der Waals surface area contributed by atoms with Gasteiger partial charge in [-0.1, -0.05) is 29.8 Å². The molecule has 2 heterocycles. The summed E-state index contributed by atoms with van der Waals surface area (Å²) in [6.07, 6.45) is 1.83. The zero-order valence-electron chi connectivity index (χ0n) is 10.7. The van der Waals surface area contributed by atoms with Crippen molar-refractivity contribution in [1.29, 1.82) is 0 Å². The van der Waals surface area contributed by atoms with Gasteiger partial charge in [0.15, 0.2) is 0 Å². The van der Waals surface area contributed by atoms with E-state index in [9.17, 15) is 5.11 Å². The van der Waals surface area contributed by atoms with Crippen LogP contribution in [0.1, 0.15) is 29.8 Å². The summed E-state index contributed by atoms with van der Waals surface area (Å²) >= 11 is 6.16. The Morgan fingerprint density at radius 2 is 2.37 bits per heavy atom. The van der Waals surface area contributed by atoms with Crippen molar-refractivity contribution in [2.45, 2.75) is 26.0 Å². The second-order valence-electron chi connectivity index (χ2n) is 4.65. The number of hydrogen-bond donors (Lipinski definition) is 2. The highest BCUT2D eigenvalue weighted by molar-refractivity contribution is 6.31. The Kier molecular flexibility index (Phi) is 3.21. The number of nitrogens with zero attached hydrogens (tertiary/aromatic N) is 2. The molecule has 5 heteroatoms. The van der Waals surface area contributed by atoms with Crippen LogP contribution in [0.25, 0.3) is 0 Å². The average Bonchev–Trinajstić information content (AvgIpc) is 3.03. The van der Waals surface area contributed by atoms with Crippen LogP contribution in [-0.2, 0) is 13.0 Å². The number of benzene rings is 1. The summed E-state index contributed by atoms with van der Waals surface area (Å²) in [6, 6.07) is 6.00. The van der Waals surface area contributed by atoms with Gasteiger partial charge in [0.25, 0.3) is 0 Å². The van der Waals surface area contributed by atoms with Gasteiger partial charge in [-0.05, 0) is 18.9 Å². The fourth-order valence-electron chi connectivity index (χ4n) is 2.64. The van der Waals surface area contributed by atoms with Gasteiger partial charge in [0.1, 0.15) is 6.10 Å². The smallest absolute Gasteiger partial charge is 0.124 e. The van der Waals surface area contributed by atoms with Crippen LogP contribution in [0, 0.1) is 0 Å². The minimum absolute atomic E-state index is 0.505. The van der Waals surface area contributed by atoms with Crippen molar-refractivity contribution in [3.05, 3.63) is 46.2 Å². The van der Waals surface area contributed by atoms with Crippen molar-refractivity contribution in [1.82, 2.24) is 9.78 Å². The van der Waals surface area contributed by atoms with Crippen LogP contribution in [-0.4, -0.2) is 21.4 Å². The number of aliphatic hydroxyl groups excluding tert-OH is 1. The highest BCUT2D eigenvalue weighted by Gasteiger charge is 2.24. The number of hydrogen-bond acceptors (Lipinski definition) is 3. The molecule has 100 valence electrons. The molecule has 1 atom stereocenters. The molecule has 1 aromatic heterocycles. The lowest BCUT2D eigenvalue weighted by Gasteiger charge is -2.17. The quantitative estimate of drug-likeness (QED) is 0.907. The maximum atomic E-state index is 10.7. The van der Waals surface area contributed by atoms with E-state index in [4.69, 9.17) is 11.6 Å². The summed E-state index contributed by atoms with van der Waals surface area (Å²) in [5, 5.41) is 18.7. The molecule has 0 aliphatic carbocycles. The molecule has 0 bridgehead atoms. The Hall–Kier alpha value is -1.52. The Morgan fingerprint density at radius 3 is 3.16 bits per heavy atom. The van der Waals surface area contributed by atoms with E-state index in [1.54, 1.807) is 10.9 Å². The molecule has 0 saturated heterocycles. The predicted molar refractivity (Wildman–Crippen MR) is 75.6 cm³/mol. The Labute approximate surface area is 117 Å². The lowest BCUT2D eigenvalue weighted by molar-refractivity contribution is 0.209. The third-order valence-electron chi connectivity index (χ3n) is 3.57. The van der Waals surface area contributed by atoms with Gasteiger partial charge in [-0.3, -0.25) is 4.68 Å². The minimum Gasteiger partial charge on any atom is -0.384 e. The Bertz CT molecular complexity index is 609. The van der Waals surface area contributed by atoms with E-state index in [2.05, 4.69) is 16.5 Å². The van der Waals surface area contributed by atoms with E-state index in [-0.39, 0.29) is 0 Å². The number of aliphatic hydroxyl groups is 1. The molecule has 4 nitrogen and oxygen atoms in total. The molecule has 1 aromatic carbocycles. The highest BCUT2D eigenvalue weighted by Crippen LogP contribution is 2.36. The van der Waals surface area contributed by atoms with Gasteiger partial charge in [0.05, 0.1) is 16.9 Å². The zero-order valence-corrected chi connectivity index (χ0v) is 11.5. The summed E-state index contributed by atoms with van der Waals surface area (Å²) in [4.78, 5) is 0. The van der Waals surface area contributed by atoms with E-state index in [0.717, 1.165) is 24.2 Å². The monoisotopic (exact) mass is 277 g/mol. The Balaban J connectivity index is 2.07. The van der Waals surface area contributed by atoms with Gasteiger partial charge in [-0.25, -0.2) is 0 Å². The molecule has 19 heavy (non-hydrogen) atoms. The lowest BCUT2D eigenvalue weighted by atomic mass is 10.0. The summed E-state index contributed by atoms with van der Waals surface area (Å²) in [5.74, 6) is 0. The molecule has 0 radical (unpaired) electrons. The maximum absolute atomic E-state index is 10.7. The van der Waals surface area contributed by atoms with Crippen LogP contribution < -0.4 is 5.32 Å². The molecular weight excluding hydrogens is 262 g/mol. The molecule has 1 unspecified atom stereocenters. The molecule has 3 rings (SSSR count). The number of fused-ring (bicyclic) bond motifs is 1. The summed E-state index contributed by atoms with van der Waals surface area (Å²) in [7, 11) is 0. The molecule has 1 aliphatic heterocycles. The fourth-order valence-corrected chi connectivity index (χ4v) is 2.88. The van der Waals surface area contributed by atoms with Crippen molar-refractivity contribution in [3.8, 4) is 0 Å². The first kappa shape index (κ1) is 12.5. The third-order valence-corrected chi connectivity index (χ3v) is 3.86. The number of anilines is 1. The second kappa shape index (κ2) is 4.87. The van der Waals surface area contributed by atoms with E-state index in [1.165, 1.54) is 5.56 Å². The number of aromatic nitrogens is 2. The van der Waals surface area contributed by atoms with Crippen LogP contribution in [0.3, 0.4) is 0 Å². The van der Waals surface area contributed by atoms with Crippen LogP contribution >= 0.6 is 11.6 Å². The number of halogens is 1. The van der Waals surface area contributed by atoms with Crippen molar-refractivity contribution in [2.75, 3.05) is 11.9 Å². The largest absolute Gasteiger partial charge is 0.384 e. The van der Waals surface area contributed by atoms with Crippen molar-refractivity contribution in [2.24, 2.45) is 0 Å². The van der Waals surface area contributed by atoms with E-state index in [1.807, 2.05) is 19.1 Å². The minimum atomic E-state index is -0.754. The Morgan fingerprint density at radius 1 is 1.53 bits per heavy atom. The topological polar surface area (TPSA) is 50.1 Å². The van der Waals surface area contributed by atoms with E-state index < -0.39 is 6.10 Å². The normalized spacial score (nSPS) is 15.1. The van der Waals surface area contributed by atoms with Crippen molar-refractivity contribution in [3.63, 3.8) is 0 Å². The SMILES string of the molecule is CCn1ncc(Cl)c1C(O)c1cccc2c1NCC2. The first-order chi connectivity index (χ1) is 9.22. The molecule has 0 fully saturated rings. The number of nitrogens with one attached hydrogen (secondary N) is 1. The van der Waals surface area contributed by atoms with Gasteiger partial charge in [0.2, 0.25) is 0 Å². The van der Waals surface area contributed by atoms with Gasteiger partial charge in [-0.15, -0.1) is 0 Å². The summed E-state index contributed by atoms with van der Waals surface area (Å²) in [6.45, 7) is 3.58. The summed E-state index contributed by atoms with van der Waals surface area (Å²) in [5.41, 5.74) is 3.81. The first-order valence-corrected chi connectivity index (χ1v) is 6.85. The number of para-hydroxylation sites is 1. The predicted octanol–water partition coefficient (Wildman–Crippen LogP) is 2.61. The second-order valence-corrected chi connectivity index (χ2v) is 5.06. The van der Waals surface area contributed by atoms with Crippen molar-refractivity contribution >= 4 is 17.3 Å². The van der Waals surface area contributed by atoms with Gasteiger partial charge < -0.3 is 10.4 Å². The van der Waals surface area contributed by atoms with Crippen LogP contribution in [0.15, 0.2) is 24.4 Å². The van der Waals surface area contributed by atoms with Gasteiger partial charge >= 0.3 is 0 Å². The van der Waals surface area contributed by atoms with E-state index in [0.29, 0.717) is 17.3 Å². The number of rotatable bonds is 3. The molecular formula is C14H16ClN3O. The van der Waals surface area contributed by atoms with Crippen LogP contribution in [0.2, 0.25) is 5.02 Å². The van der Waals surface area contributed by atoms with Crippen LogP contribution in [0.4, 0.5) is 5.69 Å². The van der Waals surface area contributed by atoms with Gasteiger partial charge in [-0.2, -0.15) is 5.10 Å². The molecule has 0 spiro atoms. The standard InChI is InChI=1S/C14H16ClN3O/c1-2-18-13(11(15)8-17-18)14(19)10-5-3-4-9-6-7-16-12(9)10/h3-5,8,14,16,19H,2,6-7H2,1H3. The molecule has 0 saturated carbocycles. The third kappa shape index (κ3) is 2.01. The maximum Gasteiger partial charge on any atom is 0.124 e. The van der Waals surface area contributed by atoms with E-state index >= 15 is 0 Å². The first-order valence-electron chi connectivity index (χ1n) is 6.47. The molecule has 1 aliphatic rings. The zero-order chi connectivity index (χ0) is 13.4. The average molecular weight is 278 g/mol. The molecule has 2 aromatic rings. The van der Waals surface area contributed by atoms with Crippen LogP contribution in [0.5, 0.6) is 0 Å². The molecule has 2 N–H and O–H groups in total. The number of aryl methyl sites for hydroxylation is 1. The summed E-state index contributed by atoms with van der Waals surface area (Å²) < 4.78 is 1.74. The fraction of sp³-hybridized carbons (Fsp3) is 0.357. The van der Waals surface area contributed by atoms with Crippen molar-refractivity contribution < 1.29 is 5.11 Å².